The van der Waals surface area contributed by atoms with E-state index in [1.807, 2.05) is 43.3 Å². The van der Waals surface area contributed by atoms with Gasteiger partial charge >= 0.3 is 0 Å². The predicted molar refractivity (Wildman–Crippen MR) is 150 cm³/mol. The van der Waals surface area contributed by atoms with Crippen molar-refractivity contribution in [3.8, 4) is 0 Å². The number of rotatable bonds is 9. The van der Waals surface area contributed by atoms with Crippen molar-refractivity contribution in [1.82, 2.24) is 14.7 Å². The first-order valence-corrected chi connectivity index (χ1v) is 13.0. The van der Waals surface area contributed by atoms with Crippen molar-refractivity contribution < 1.29 is 14.4 Å². The lowest BCUT2D eigenvalue weighted by Gasteiger charge is -2.31. The van der Waals surface area contributed by atoms with Crippen LogP contribution in [0.2, 0.25) is 0 Å². The molecule has 2 aromatic carbocycles. The highest BCUT2D eigenvalue weighted by atomic mass is 32.1. The Labute approximate surface area is 225 Å². The van der Waals surface area contributed by atoms with Crippen molar-refractivity contribution in [2.24, 2.45) is 11.7 Å². The second kappa shape index (κ2) is 11.4. The highest BCUT2D eigenvalue weighted by molar-refractivity contribution is 7.09. The number of fused-ring (bicyclic) bond motifs is 1. The molecule has 0 spiro atoms. The van der Waals surface area contributed by atoms with Gasteiger partial charge in [0.1, 0.15) is 10.9 Å². The van der Waals surface area contributed by atoms with Crippen molar-refractivity contribution in [2.75, 3.05) is 17.2 Å². The fourth-order valence-electron chi connectivity index (χ4n) is 4.09. The van der Waals surface area contributed by atoms with E-state index >= 15 is 0 Å². The molecule has 38 heavy (non-hydrogen) atoms. The molecule has 3 amide bonds. The van der Waals surface area contributed by atoms with E-state index in [1.54, 1.807) is 24.4 Å². The van der Waals surface area contributed by atoms with E-state index in [4.69, 9.17) is 11.5 Å². The molecule has 4 rings (SSSR count). The molecule has 10 heteroatoms. The first-order chi connectivity index (χ1) is 18.2. The molecule has 0 aliphatic rings. The van der Waals surface area contributed by atoms with E-state index in [-0.39, 0.29) is 22.2 Å². The number of pyridine rings is 1. The monoisotopic (exact) mass is 530 g/mol. The van der Waals surface area contributed by atoms with Crippen LogP contribution >= 0.6 is 11.5 Å². The summed E-state index contributed by atoms with van der Waals surface area (Å²) < 4.78 is 4.00. The highest BCUT2D eigenvalue weighted by Crippen LogP contribution is 2.34. The summed E-state index contributed by atoms with van der Waals surface area (Å²) >= 11 is 0.779. The second-order valence-corrected chi connectivity index (χ2v) is 10.3. The van der Waals surface area contributed by atoms with Gasteiger partial charge in [-0.25, -0.2) is 0 Å². The van der Waals surface area contributed by atoms with Gasteiger partial charge in [0, 0.05) is 23.8 Å². The lowest BCUT2D eigenvalue weighted by atomic mass is 10.00. The standard InChI is InChI=1S/C28H30N6O3S/c1-16(2)12-14-32-27(36)24(19-8-11-21-18(15-19)5-4-13-31-21)34(20-9-6-17(3)7-10-20)28(37)25-22(29)23(26(30)35)33-38-25/h4-11,13,15-16,24H,12,14,29H2,1-3H3,(H2,30,35)(H,32,36)/t24-/m1/s1. The van der Waals surface area contributed by atoms with Crippen LogP contribution in [-0.4, -0.2) is 33.6 Å². The molecule has 5 N–H and O–H groups in total. The Morgan fingerprint density at radius 2 is 1.82 bits per heavy atom. The summed E-state index contributed by atoms with van der Waals surface area (Å²) in [6, 6.07) is 15.4. The van der Waals surface area contributed by atoms with E-state index in [0.717, 1.165) is 34.4 Å². The average molecular weight is 531 g/mol. The van der Waals surface area contributed by atoms with Crippen molar-refractivity contribution in [1.29, 1.82) is 0 Å². The number of anilines is 2. The Morgan fingerprint density at radius 1 is 1.08 bits per heavy atom. The summed E-state index contributed by atoms with van der Waals surface area (Å²) in [6.07, 6.45) is 2.48. The van der Waals surface area contributed by atoms with Crippen LogP contribution in [-0.2, 0) is 4.79 Å². The third kappa shape index (κ3) is 5.65. The van der Waals surface area contributed by atoms with Gasteiger partial charge in [-0.15, -0.1) is 0 Å². The van der Waals surface area contributed by atoms with Gasteiger partial charge in [-0.2, -0.15) is 4.37 Å². The first-order valence-electron chi connectivity index (χ1n) is 12.2. The fourth-order valence-corrected chi connectivity index (χ4v) is 4.83. The fraction of sp³-hybridized carbons (Fsp3) is 0.250. The van der Waals surface area contributed by atoms with Crippen LogP contribution in [0.15, 0.2) is 60.8 Å². The second-order valence-electron chi connectivity index (χ2n) is 9.48. The smallest absolute Gasteiger partial charge is 0.273 e. The summed E-state index contributed by atoms with van der Waals surface area (Å²) in [5, 5.41) is 3.83. The van der Waals surface area contributed by atoms with E-state index < -0.39 is 17.9 Å². The minimum Gasteiger partial charge on any atom is -0.395 e. The molecule has 2 heterocycles. The molecule has 4 aromatic rings. The number of carbonyl (C=O) groups is 3. The predicted octanol–water partition coefficient (Wildman–Crippen LogP) is 4.23. The van der Waals surface area contributed by atoms with Crippen LogP contribution in [0.3, 0.4) is 0 Å². The normalized spacial score (nSPS) is 11.9. The lowest BCUT2D eigenvalue weighted by molar-refractivity contribution is -0.122. The molecule has 2 aromatic heterocycles. The highest BCUT2D eigenvalue weighted by Gasteiger charge is 2.36. The number of nitrogens with two attached hydrogens (primary N) is 2. The number of nitrogens with zero attached hydrogens (tertiary/aromatic N) is 3. The minimum absolute atomic E-state index is 0.0295. The van der Waals surface area contributed by atoms with Gasteiger partial charge in [-0.05, 0) is 66.7 Å². The van der Waals surface area contributed by atoms with E-state index in [0.29, 0.717) is 23.7 Å². The quantitative estimate of drug-likeness (QED) is 0.295. The molecule has 0 aliphatic heterocycles. The van der Waals surface area contributed by atoms with Crippen molar-refractivity contribution in [2.45, 2.75) is 33.2 Å². The van der Waals surface area contributed by atoms with Gasteiger partial charge in [-0.1, -0.05) is 43.7 Å². The lowest BCUT2D eigenvalue weighted by Crippen LogP contribution is -2.44. The molecule has 0 fully saturated rings. The van der Waals surface area contributed by atoms with Crippen molar-refractivity contribution >= 4 is 51.5 Å². The summed E-state index contributed by atoms with van der Waals surface area (Å²) in [4.78, 5) is 45.6. The number of nitrogen functional groups attached to an aromatic ring is 1. The van der Waals surface area contributed by atoms with Crippen LogP contribution in [0.25, 0.3) is 10.9 Å². The number of hydrogen-bond donors (Lipinski definition) is 3. The van der Waals surface area contributed by atoms with Crippen LogP contribution in [0, 0.1) is 12.8 Å². The first kappa shape index (κ1) is 26.7. The number of aromatic nitrogens is 2. The number of hydrogen-bond acceptors (Lipinski definition) is 7. The minimum atomic E-state index is -1.04. The molecule has 0 bridgehead atoms. The Kier molecular flexibility index (Phi) is 8.02. The Bertz CT molecular complexity index is 1480. The summed E-state index contributed by atoms with van der Waals surface area (Å²) in [7, 11) is 0. The topological polar surface area (TPSA) is 144 Å². The Balaban J connectivity index is 1.88. The molecule has 0 saturated heterocycles. The summed E-state index contributed by atoms with van der Waals surface area (Å²) in [5.74, 6) is -1.35. The third-order valence-electron chi connectivity index (χ3n) is 6.16. The number of amides is 3. The largest absolute Gasteiger partial charge is 0.395 e. The van der Waals surface area contributed by atoms with Crippen molar-refractivity contribution in [3.63, 3.8) is 0 Å². The van der Waals surface area contributed by atoms with Gasteiger partial charge in [0.25, 0.3) is 11.8 Å². The van der Waals surface area contributed by atoms with Crippen LogP contribution in [0.4, 0.5) is 11.4 Å². The number of benzene rings is 2. The maximum atomic E-state index is 14.1. The molecule has 0 aliphatic carbocycles. The van der Waals surface area contributed by atoms with Gasteiger partial charge in [-0.3, -0.25) is 24.3 Å². The molecular formula is C28H30N6O3S. The van der Waals surface area contributed by atoms with Gasteiger partial charge in [0.2, 0.25) is 5.91 Å². The van der Waals surface area contributed by atoms with Gasteiger partial charge in [0.05, 0.1) is 11.2 Å². The zero-order valence-electron chi connectivity index (χ0n) is 21.5. The molecule has 9 nitrogen and oxygen atoms in total. The molecule has 196 valence electrons. The number of aryl methyl sites for hydroxylation is 1. The Hall–Kier alpha value is -4.31. The van der Waals surface area contributed by atoms with Gasteiger partial charge < -0.3 is 16.8 Å². The van der Waals surface area contributed by atoms with Gasteiger partial charge in [0.15, 0.2) is 5.69 Å². The zero-order valence-corrected chi connectivity index (χ0v) is 22.3. The number of carbonyl (C=O) groups excluding carboxylic acids is 3. The number of nitrogens with one attached hydrogen (secondary N) is 1. The SMILES string of the molecule is Cc1ccc(N(C(=O)c2snc(C(N)=O)c2N)[C@@H](C(=O)NCCC(C)C)c2ccc3ncccc3c2)cc1. The molecule has 0 radical (unpaired) electrons. The molecule has 0 unspecified atom stereocenters. The van der Waals surface area contributed by atoms with E-state index in [9.17, 15) is 14.4 Å². The summed E-state index contributed by atoms with van der Waals surface area (Å²) in [5.41, 5.74) is 14.1. The molecule has 1 atom stereocenters. The summed E-state index contributed by atoms with van der Waals surface area (Å²) in [6.45, 7) is 6.53. The maximum Gasteiger partial charge on any atom is 0.273 e. The van der Waals surface area contributed by atoms with Crippen LogP contribution in [0.1, 0.15) is 57.6 Å². The van der Waals surface area contributed by atoms with E-state index in [2.05, 4.69) is 28.5 Å². The molecule has 0 saturated carbocycles. The Morgan fingerprint density at radius 3 is 2.47 bits per heavy atom. The van der Waals surface area contributed by atoms with Crippen molar-refractivity contribution in [3.05, 3.63) is 82.5 Å². The third-order valence-corrected chi connectivity index (χ3v) is 7.01. The van der Waals surface area contributed by atoms with Crippen LogP contribution in [0.5, 0.6) is 0 Å². The maximum absolute atomic E-state index is 14.1. The zero-order chi connectivity index (χ0) is 27.4. The van der Waals surface area contributed by atoms with Crippen LogP contribution < -0.4 is 21.7 Å². The number of primary amides is 1. The average Bonchev–Trinajstić information content (AvgIpc) is 3.28. The molecular weight excluding hydrogens is 500 g/mol. The van der Waals surface area contributed by atoms with E-state index in [1.165, 1.54) is 4.90 Å².